The summed E-state index contributed by atoms with van der Waals surface area (Å²) in [7, 11) is 0. The maximum atomic E-state index is 11.5. The van der Waals surface area contributed by atoms with Crippen LogP contribution in [0.15, 0.2) is 18.2 Å². The molecule has 1 fully saturated rings. The van der Waals surface area contributed by atoms with Crippen molar-refractivity contribution in [3.8, 4) is 0 Å². The van der Waals surface area contributed by atoms with Gasteiger partial charge in [-0.2, -0.15) is 0 Å². The molecule has 0 atom stereocenters. The molecule has 2 amide bonds. The maximum Gasteiger partial charge on any atom is 0.224 e. The maximum absolute atomic E-state index is 11.5. The standard InChI is InChI=1S/C14H16N2O2/c17-13-6-4-11-7-9(1-5-12(11)16-13)8-15-14(18)10-2-3-10/h1,5,7,10H,2-4,6,8H2,(H,15,18)(H,16,17). The normalized spacial score (nSPS) is 17.9. The molecule has 4 heteroatoms. The van der Waals surface area contributed by atoms with Crippen molar-refractivity contribution in [1.82, 2.24) is 5.32 Å². The van der Waals surface area contributed by atoms with E-state index in [1.54, 1.807) is 0 Å². The van der Waals surface area contributed by atoms with Gasteiger partial charge in [0.2, 0.25) is 11.8 Å². The van der Waals surface area contributed by atoms with E-state index in [0.717, 1.165) is 36.1 Å². The molecule has 0 bridgehead atoms. The Hall–Kier alpha value is -1.84. The highest BCUT2D eigenvalue weighted by atomic mass is 16.2. The van der Waals surface area contributed by atoms with Crippen molar-refractivity contribution in [2.45, 2.75) is 32.2 Å². The van der Waals surface area contributed by atoms with Gasteiger partial charge in [-0.1, -0.05) is 12.1 Å². The Kier molecular flexibility index (Phi) is 2.78. The van der Waals surface area contributed by atoms with Crippen molar-refractivity contribution < 1.29 is 9.59 Å². The lowest BCUT2D eigenvalue weighted by atomic mass is 10.0. The number of aryl methyl sites for hydroxylation is 1. The predicted molar refractivity (Wildman–Crippen MR) is 68.0 cm³/mol. The van der Waals surface area contributed by atoms with E-state index in [2.05, 4.69) is 16.7 Å². The van der Waals surface area contributed by atoms with Crippen LogP contribution in [-0.2, 0) is 22.6 Å². The fraction of sp³-hybridized carbons (Fsp3) is 0.429. The number of amides is 2. The van der Waals surface area contributed by atoms with Gasteiger partial charge in [0.05, 0.1) is 0 Å². The van der Waals surface area contributed by atoms with Crippen LogP contribution >= 0.6 is 0 Å². The van der Waals surface area contributed by atoms with E-state index in [-0.39, 0.29) is 17.7 Å². The van der Waals surface area contributed by atoms with Gasteiger partial charge in [0.25, 0.3) is 0 Å². The molecule has 94 valence electrons. The van der Waals surface area contributed by atoms with Crippen LogP contribution in [0.1, 0.15) is 30.4 Å². The summed E-state index contributed by atoms with van der Waals surface area (Å²) in [5.41, 5.74) is 3.16. The first kappa shape index (κ1) is 11.3. The van der Waals surface area contributed by atoms with Gasteiger partial charge in [-0.15, -0.1) is 0 Å². The summed E-state index contributed by atoms with van der Waals surface area (Å²) in [6, 6.07) is 5.95. The summed E-state index contributed by atoms with van der Waals surface area (Å²) in [6.07, 6.45) is 3.39. The number of hydrogen-bond donors (Lipinski definition) is 2. The molecule has 1 saturated carbocycles. The Bertz CT molecular complexity index is 507. The predicted octanol–water partition coefficient (Wildman–Crippen LogP) is 1.60. The number of hydrogen-bond acceptors (Lipinski definition) is 2. The number of carbonyl (C=O) groups excluding carboxylic acids is 2. The zero-order valence-electron chi connectivity index (χ0n) is 10.2. The molecule has 3 rings (SSSR count). The van der Waals surface area contributed by atoms with Gasteiger partial charge in [0.15, 0.2) is 0 Å². The summed E-state index contributed by atoms with van der Waals surface area (Å²) in [4.78, 5) is 22.8. The molecule has 4 nitrogen and oxygen atoms in total. The average molecular weight is 244 g/mol. The molecule has 1 aliphatic heterocycles. The van der Waals surface area contributed by atoms with Gasteiger partial charge in [-0.05, 0) is 36.5 Å². The summed E-state index contributed by atoms with van der Waals surface area (Å²) in [5, 5.41) is 5.80. The number of nitrogens with one attached hydrogen (secondary N) is 2. The average Bonchev–Trinajstić information content (AvgIpc) is 3.20. The lowest BCUT2D eigenvalue weighted by molar-refractivity contribution is -0.122. The van der Waals surface area contributed by atoms with Crippen LogP contribution in [0.25, 0.3) is 0 Å². The van der Waals surface area contributed by atoms with Crippen molar-refractivity contribution in [2.75, 3.05) is 5.32 Å². The Morgan fingerprint density at radius 2 is 2.17 bits per heavy atom. The van der Waals surface area contributed by atoms with Crippen LogP contribution in [0.4, 0.5) is 5.69 Å². The highest BCUT2D eigenvalue weighted by Crippen LogP contribution is 2.29. The molecule has 18 heavy (non-hydrogen) atoms. The lowest BCUT2D eigenvalue weighted by Gasteiger charge is -2.17. The number of rotatable bonds is 3. The molecule has 2 aliphatic rings. The van der Waals surface area contributed by atoms with Gasteiger partial charge in [0, 0.05) is 24.6 Å². The lowest BCUT2D eigenvalue weighted by Crippen LogP contribution is -2.24. The highest BCUT2D eigenvalue weighted by Gasteiger charge is 2.29. The largest absolute Gasteiger partial charge is 0.352 e. The second-order valence-corrected chi connectivity index (χ2v) is 5.03. The zero-order chi connectivity index (χ0) is 12.5. The highest BCUT2D eigenvalue weighted by molar-refractivity contribution is 5.93. The minimum Gasteiger partial charge on any atom is -0.352 e. The molecular weight excluding hydrogens is 228 g/mol. The van der Waals surface area contributed by atoms with E-state index < -0.39 is 0 Å². The summed E-state index contributed by atoms with van der Waals surface area (Å²) in [6.45, 7) is 0.580. The molecule has 1 heterocycles. The fourth-order valence-electron chi connectivity index (χ4n) is 2.23. The second-order valence-electron chi connectivity index (χ2n) is 5.03. The molecule has 0 saturated heterocycles. The van der Waals surface area contributed by atoms with Crippen LogP contribution < -0.4 is 10.6 Å². The number of carbonyl (C=O) groups is 2. The van der Waals surface area contributed by atoms with Gasteiger partial charge in [-0.25, -0.2) is 0 Å². The number of fused-ring (bicyclic) bond motifs is 1. The Balaban J connectivity index is 1.66. The fourth-order valence-corrected chi connectivity index (χ4v) is 2.23. The molecular formula is C14H16N2O2. The quantitative estimate of drug-likeness (QED) is 0.848. The van der Waals surface area contributed by atoms with E-state index in [1.807, 2.05) is 12.1 Å². The summed E-state index contributed by atoms with van der Waals surface area (Å²) < 4.78 is 0. The topological polar surface area (TPSA) is 58.2 Å². The van der Waals surface area contributed by atoms with E-state index in [1.165, 1.54) is 0 Å². The van der Waals surface area contributed by atoms with Crippen LogP contribution in [0.5, 0.6) is 0 Å². The molecule has 0 spiro atoms. The third-order valence-electron chi connectivity index (χ3n) is 3.48. The van der Waals surface area contributed by atoms with Gasteiger partial charge in [-0.3, -0.25) is 9.59 Å². The number of anilines is 1. The number of benzene rings is 1. The molecule has 1 aliphatic carbocycles. The third kappa shape index (κ3) is 2.37. The van der Waals surface area contributed by atoms with Crippen molar-refractivity contribution >= 4 is 17.5 Å². The van der Waals surface area contributed by atoms with Gasteiger partial charge < -0.3 is 10.6 Å². The second kappa shape index (κ2) is 4.44. The molecule has 0 unspecified atom stereocenters. The summed E-state index contributed by atoms with van der Waals surface area (Å²) in [5.74, 6) is 0.500. The van der Waals surface area contributed by atoms with E-state index in [4.69, 9.17) is 0 Å². The minimum absolute atomic E-state index is 0.0808. The monoisotopic (exact) mass is 244 g/mol. The van der Waals surface area contributed by atoms with Crippen molar-refractivity contribution in [3.05, 3.63) is 29.3 Å². The molecule has 1 aromatic carbocycles. The van der Waals surface area contributed by atoms with E-state index in [0.29, 0.717) is 13.0 Å². The molecule has 2 N–H and O–H groups in total. The van der Waals surface area contributed by atoms with Crippen LogP contribution in [0.2, 0.25) is 0 Å². The van der Waals surface area contributed by atoms with Crippen LogP contribution in [0, 0.1) is 5.92 Å². The smallest absolute Gasteiger partial charge is 0.224 e. The Morgan fingerprint density at radius 3 is 2.94 bits per heavy atom. The van der Waals surface area contributed by atoms with Crippen LogP contribution in [-0.4, -0.2) is 11.8 Å². The SMILES string of the molecule is O=C1CCc2cc(CNC(=O)C3CC3)ccc2N1. The van der Waals surface area contributed by atoms with E-state index in [9.17, 15) is 9.59 Å². The first-order valence-electron chi connectivity index (χ1n) is 6.42. The first-order valence-corrected chi connectivity index (χ1v) is 6.42. The molecule has 1 aromatic rings. The summed E-state index contributed by atoms with van der Waals surface area (Å²) >= 11 is 0. The third-order valence-corrected chi connectivity index (χ3v) is 3.48. The van der Waals surface area contributed by atoms with Crippen molar-refractivity contribution in [2.24, 2.45) is 5.92 Å². The van der Waals surface area contributed by atoms with Gasteiger partial charge >= 0.3 is 0 Å². The first-order chi connectivity index (χ1) is 8.72. The van der Waals surface area contributed by atoms with Crippen molar-refractivity contribution in [1.29, 1.82) is 0 Å². The zero-order valence-corrected chi connectivity index (χ0v) is 10.2. The Morgan fingerprint density at radius 1 is 1.33 bits per heavy atom. The molecule has 0 radical (unpaired) electrons. The Labute approximate surface area is 106 Å². The van der Waals surface area contributed by atoms with Crippen molar-refractivity contribution in [3.63, 3.8) is 0 Å². The minimum atomic E-state index is 0.0808. The van der Waals surface area contributed by atoms with E-state index >= 15 is 0 Å². The van der Waals surface area contributed by atoms with Gasteiger partial charge in [0.1, 0.15) is 0 Å². The molecule has 0 aromatic heterocycles. The van der Waals surface area contributed by atoms with Crippen LogP contribution in [0.3, 0.4) is 0 Å².